The Bertz CT molecular complexity index is 1340. The Hall–Kier alpha value is -3.93. The Kier molecular flexibility index (Phi) is 6.27. The lowest BCUT2D eigenvalue weighted by Crippen LogP contribution is -2.22. The van der Waals surface area contributed by atoms with Crippen LogP contribution in [0.3, 0.4) is 0 Å². The summed E-state index contributed by atoms with van der Waals surface area (Å²) in [6.45, 7) is 3.43. The SMILES string of the molecule is COc1c(/C(C)=C/C(=O)NCc2c(F)cccc2F)cc2c(-c3ccccc3)coc2c1C. The first-order valence-corrected chi connectivity index (χ1v) is 10.4. The zero-order valence-corrected chi connectivity index (χ0v) is 18.5. The largest absolute Gasteiger partial charge is 0.496 e. The van der Waals surface area contributed by atoms with E-state index in [2.05, 4.69) is 5.32 Å². The number of benzene rings is 3. The minimum Gasteiger partial charge on any atom is -0.496 e. The molecule has 33 heavy (non-hydrogen) atoms. The van der Waals surface area contributed by atoms with E-state index >= 15 is 0 Å². The fourth-order valence-corrected chi connectivity index (χ4v) is 3.92. The van der Waals surface area contributed by atoms with Crippen LogP contribution in [0.25, 0.3) is 27.7 Å². The molecule has 4 aromatic rings. The molecule has 0 aliphatic rings. The van der Waals surface area contributed by atoms with Crippen molar-refractivity contribution in [3.63, 3.8) is 0 Å². The first-order valence-electron chi connectivity index (χ1n) is 10.4. The number of halogens is 2. The van der Waals surface area contributed by atoms with Crippen molar-refractivity contribution in [3.8, 4) is 16.9 Å². The molecular weight excluding hydrogens is 424 g/mol. The van der Waals surface area contributed by atoms with Crippen molar-refractivity contribution in [2.24, 2.45) is 0 Å². The van der Waals surface area contributed by atoms with E-state index in [1.807, 2.05) is 43.3 Å². The molecule has 1 amide bonds. The predicted molar refractivity (Wildman–Crippen MR) is 125 cm³/mol. The molecule has 0 saturated carbocycles. The molecule has 0 bridgehead atoms. The summed E-state index contributed by atoms with van der Waals surface area (Å²) < 4.78 is 39.2. The number of amides is 1. The number of hydrogen-bond donors (Lipinski definition) is 1. The maximum atomic E-state index is 13.8. The van der Waals surface area contributed by atoms with Gasteiger partial charge in [-0.3, -0.25) is 4.79 Å². The summed E-state index contributed by atoms with van der Waals surface area (Å²) in [4.78, 5) is 12.5. The van der Waals surface area contributed by atoms with Gasteiger partial charge >= 0.3 is 0 Å². The van der Waals surface area contributed by atoms with E-state index < -0.39 is 17.5 Å². The molecule has 0 fully saturated rings. The standard InChI is InChI=1S/C27H23F2NO3/c1-16(12-25(31)30-14-21-23(28)10-7-11-24(21)29)19-13-20-22(18-8-5-4-6-9-18)15-33-27(20)17(2)26(19)32-3/h4-13,15H,14H2,1-3H3,(H,30,31)/b16-12+. The second-order valence-corrected chi connectivity index (χ2v) is 7.72. The van der Waals surface area contributed by atoms with Gasteiger partial charge in [-0.05, 0) is 43.2 Å². The maximum absolute atomic E-state index is 13.8. The zero-order chi connectivity index (χ0) is 23.5. The Morgan fingerprint density at radius 2 is 1.79 bits per heavy atom. The molecule has 168 valence electrons. The average Bonchev–Trinajstić information content (AvgIpc) is 3.23. The van der Waals surface area contributed by atoms with Crippen molar-refractivity contribution in [1.29, 1.82) is 0 Å². The topological polar surface area (TPSA) is 51.5 Å². The summed E-state index contributed by atoms with van der Waals surface area (Å²) >= 11 is 0. The van der Waals surface area contributed by atoms with E-state index in [0.29, 0.717) is 16.9 Å². The van der Waals surface area contributed by atoms with Crippen LogP contribution in [-0.2, 0) is 11.3 Å². The molecular formula is C27H23F2NO3. The van der Waals surface area contributed by atoms with Crippen molar-refractivity contribution in [2.45, 2.75) is 20.4 Å². The van der Waals surface area contributed by atoms with E-state index in [1.165, 1.54) is 12.1 Å². The number of ether oxygens (including phenoxy) is 1. The van der Waals surface area contributed by atoms with Gasteiger partial charge in [-0.2, -0.15) is 0 Å². The molecule has 0 unspecified atom stereocenters. The molecule has 0 aliphatic carbocycles. The van der Waals surface area contributed by atoms with Gasteiger partial charge in [-0.1, -0.05) is 36.4 Å². The van der Waals surface area contributed by atoms with E-state index in [4.69, 9.17) is 9.15 Å². The van der Waals surface area contributed by atoms with Gasteiger partial charge in [-0.15, -0.1) is 0 Å². The average molecular weight is 447 g/mol. The van der Waals surface area contributed by atoms with Crippen molar-refractivity contribution < 1.29 is 22.7 Å². The van der Waals surface area contributed by atoms with Gasteiger partial charge in [0.25, 0.3) is 0 Å². The summed E-state index contributed by atoms with van der Waals surface area (Å²) in [5.41, 5.74) is 4.66. The lowest BCUT2D eigenvalue weighted by Gasteiger charge is -2.13. The molecule has 0 atom stereocenters. The van der Waals surface area contributed by atoms with Gasteiger partial charge in [0.05, 0.1) is 13.4 Å². The number of nitrogens with one attached hydrogen (secondary N) is 1. The third-order valence-corrected chi connectivity index (χ3v) is 5.61. The van der Waals surface area contributed by atoms with E-state index in [9.17, 15) is 13.6 Å². The molecule has 1 N–H and O–H groups in total. The molecule has 3 aromatic carbocycles. The van der Waals surface area contributed by atoms with Crippen LogP contribution in [0.2, 0.25) is 0 Å². The number of aryl methyl sites for hydroxylation is 1. The molecule has 1 aromatic heterocycles. The van der Waals surface area contributed by atoms with Gasteiger partial charge < -0.3 is 14.5 Å². The third-order valence-electron chi connectivity index (χ3n) is 5.61. The second kappa shape index (κ2) is 9.28. The molecule has 0 spiro atoms. The Balaban J connectivity index is 1.68. The van der Waals surface area contributed by atoms with Crippen LogP contribution in [0.4, 0.5) is 8.78 Å². The summed E-state index contributed by atoms with van der Waals surface area (Å²) in [5, 5.41) is 3.45. The third kappa shape index (κ3) is 4.37. The highest BCUT2D eigenvalue weighted by Crippen LogP contribution is 2.40. The van der Waals surface area contributed by atoms with Crippen LogP contribution in [-0.4, -0.2) is 13.0 Å². The van der Waals surface area contributed by atoms with Gasteiger partial charge in [0, 0.05) is 40.3 Å². The van der Waals surface area contributed by atoms with Crippen molar-refractivity contribution in [2.75, 3.05) is 7.11 Å². The lowest BCUT2D eigenvalue weighted by atomic mass is 9.96. The highest BCUT2D eigenvalue weighted by molar-refractivity contribution is 6.01. The monoisotopic (exact) mass is 447 g/mol. The first-order chi connectivity index (χ1) is 15.9. The lowest BCUT2D eigenvalue weighted by molar-refractivity contribution is -0.116. The number of carbonyl (C=O) groups excluding carboxylic acids is 1. The number of hydrogen-bond acceptors (Lipinski definition) is 3. The number of fused-ring (bicyclic) bond motifs is 1. The van der Waals surface area contributed by atoms with Crippen LogP contribution in [0.1, 0.15) is 23.6 Å². The Morgan fingerprint density at radius 1 is 1.09 bits per heavy atom. The normalized spacial score (nSPS) is 11.6. The molecule has 0 saturated heterocycles. The first kappa shape index (κ1) is 22.3. The molecule has 1 heterocycles. The Morgan fingerprint density at radius 3 is 2.45 bits per heavy atom. The highest BCUT2D eigenvalue weighted by atomic mass is 19.1. The van der Waals surface area contributed by atoms with Crippen LogP contribution in [0.5, 0.6) is 5.75 Å². The molecule has 0 aliphatic heterocycles. The number of carbonyl (C=O) groups is 1. The van der Waals surface area contributed by atoms with Crippen molar-refractivity contribution >= 4 is 22.4 Å². The number of methoxy groups -OCH3 is 1. The van der Waals surface area contributed by atoms with E-state index in [-0.39, 0.29) is 12.1 Å². The van der Waals surface area contributed by atoms with Gasteiger partial charge in [0.1, 0.15) is 23.0 Å². The minimum atomic E-state index is -0.702. The molecule has 0 radical (unpaired) electrons. The van der Waals surface area contributed by atoms with Crippen LogP contribution in [0, 0.1) is 18.6 Å². The van der Waals surface area contributed by atoms with E-state index in [0.717, 1.165) is 39.8 Å². The molecule has 4 rings (SSSR count). The summed E-state index contributed by atoms with van der Waals surface area (Å²) in [6.07, 6.45) is 3.11. The summed E-state index contributed by atoms with van der Waals surface area (Å²) in [5.74, 6) is -1.28. The summed E-state index contributed by atoms with van der Waals surface area (Å²) in [6, 6.07) is 15.4. The number of furan rings is 1. The quantitative estimate of drug-likeness (QED) is 0.347. The molecule has 6 heteroatoms. The Labute approximate surface area is 190 Å². The summed E-state index contributed by atoms with van der Waals surface area (Å²) in [7, 11) is 1.56. The number of rotatable bonds is 6. The van der Waals surface area contributed by atoms with Crippen LogP contribution in [0.15, 0.2) is 71.4 Å². The van der Waals surface area contributed by atoms with Crippen LogP contribution < -0.4 is 10.1 Å². The molecule has 4 nitrogen and oxygen atoms in total. The predicted octanol–water partition coefficient (Wildman–Crippen LogP) is 6.41. The fourth-order valence-electron chi connectivity index (χ4n) is 3.92. The van der Waals surface area contributed by atoms with Crippen molar-refractivity contribution in [3.05, 3.63) is 95.3 Å². The van der Waals surface area contributed by atoms with Gasteiger partial charge in [-0.25, -0.2) is 8.78 Å². The van der Waals surface area contributed by atoms with Crippen molar-refractivity contribution in [1.82, 2.24) is 5.32 Å². The smallest absolute Gasteiger partial charge is 0.244 e. The zero-order valence-electron chi connectivity index (χ0n) is 18.5. The van der Waals surface area contributed by atoms with Gasteiger partial charge in [0.2, 0.25) is 5.91 Å². The fraction of sp³-hybridized carbons (Fsp3) is 0.148. The van der Waals surface area contributed by atoms with Crippen LogP contribution >= 0.6 is 0 Å². The van der Waals surface area contributed by atoms with Gasteiger partial charge in [0.15, 0.2) is 0 Å². The number of allylic oxidation sites excluding steroid dienone is 1. The minimum absolute atomic E-state index is 0.183. The van der Waals surface area contributed by atoms with E-state index in [1.54, 1.807) is 20.3 Å². The maximum Gasteiger partial charge on any atom is 0.244 e. The highest BCUT2D eigenvalue weighted by Gasteiger charge is 2.19. The second-order valence-electron chi connectivity index (χ2n) is 7.72.